The van der Waals surface area contributed by atoms with Crippen LogP contribution in [0.15, 0.2) is 29.2 Å². The van der Waals surface area contributed by atoms with Gasteiger partial charge in [-0.3, -0.25) is 0 Å². The van der Waals surface area contributed by atoms with Crippen LogP contribution in [0, 0.1) is 0 Å². The Kier molecular flexibility index (Phi) is 3.74. The van der Waals surface area contributed by atoms with E-state index in [9.17, 15) is 17.2 Å². The molecule has 0 bridgehead atoms. The number of rotatable bonds is 3. The van der Waals surface area contributed by atoms with Crippen molar-refractivity contribution in [2.75, 3.05) is 0 Å². The smallest absolute Gasteiger partial charge is 0.212 e. The molecule has 14 heavy (non-hydrogen) atoms. The lowest BCUT2D eigenvalue weighted by Gasteiger charge is -2.03. The van der Waals surface area contributed by atoms with Crippen LogP contribution in [0.2, 0.25) is 5.02 Å². The maximum absolute atomic E-state index is 11.9. The van der Waals surface area contributed by atoms with Crippen LogP contribution in [-0.2, 0) is 8.87 Å². The first-order valence-electron chi connectivity index (χ1n) is 3.39. The Bertz CT molecular complexity index is 419. The minimum Gasteiger partial charge on any atom is -0.212 e. The Hall–Kier alpha value is -0.330. The van der Waals surface area contributed by atoms with Gasteiger partial charge < -0.3 is 0 Å². The molecule has 0 atom stereocenters. The quantitative estimate of drug-likeness (QED) is 0.782. The van der Waals surface area contributed by atoms with Gasteiger partial charge in [0.1, 0.15) is 0 Å². The van der Waals surface area contributed by atoms with Gasteiger partial charge in [0, 0.05) is 10.8 Å². The average molecular weight is 259 g/mol. The van der Waals surface area contributed by atoms with Crippen molar-refractivity contribution in [3.8, 4) is 0 Å². The normalized spacial score (nSPS) is 12.0. The highest BCUT2D eigenvalue weighted by Crippen LogP contribution is 2.32. The highest BCUT2D eigenvalue weighted by atomic mass is 35.5. The third kappa shape index (κ3) is 2.83. The molecule has 0 saturated carbocycles. The minimum atomic E-state index is -4.06. The molecule has 0 aliphatic rings. The fourth-order valence-electron chi connectivity index (χ4n) is 0.795. The Morgan fingerprint density at radius 1 is 1.29 bits per heavy atom. The highest BCUT2D eigenvalue weighted by molar-refractivity contribution is 8.72. The van der Waals surface area contributed by atoms with E-state index in [4.69, 9.17) is 11.6 Å². The van der Waals surface area contributed by atoms with E-state index in [0.29, 0.717) is 0 Å². The molecule has 0 aliphatic carbocycles. The summed E-state index contributed by atoms with van der Waals surface area (Å²) in [5.74, 6) is -2.98. The number of alkyl halides is 2. The lowest BCUT2D eigenvalue weighted by molar-refractivity contribution is 0.254. The summed E-state index contributed by atoms with van der Waals surface area (Å²) in [6.45, 7) is 0. The summed E-state index contributed by atoms with van der Waals surface area (Å²) in [4.78, 5) is -0.285. The van der Waals surface area contributed by atoms with E-state index in [1.54, 1.807) is 0 Å². The summed E-state index contributed by atoms with van der Waals surface area (Å²) in [6.07, 6.45) is 0. The van der Waals surface area contributed by atoms with Crippen molar-refractivity contribution in [3.63, 3.8) is 0 Å². The molecule has 0 amide bonds. The van der Waals surface area contributed by atoms with E-state index < -0.39 is 25.4 Å². The average Bonchev–Trinajstić information content (AvgIpc) is 2.02. The molecule has 78 valence electrons. The van der Waals surface area contributed by atoms with Gasteiger partial charge in [-0.15, -0.1) is 0 Å². The van der Waals surface area contributed by atoms with E-state index in [0.717, 1.165) is 0 Å². The number of hydrogen-bond acceptors (Lipinski definition) is 3. The maximum atomic E-state index is 11.9. The van der Waals surface area contributed by atoms with Gasteiger partial charge in [-0.25, -0.2) is 8.42 Å². The van der Waals surface area contributed by atoms with Crippen molar-refractivity contribution in [1.29, 1.82) is 0 Å². The molecule has 0 unspecified atom stereocenters. The number of benzene rings is 1. The van der Waals surface area contributed by atoms with Gasteiger partial charge in [-0.1, -0.05) is 23.7 Å². The first-order chi connectivity index (χ1) is 6.43. The third-order valence-electron chi connectivity index (χ3n) is 1.31. The van der Waals surface area contributed by atoms with Crippen molar-refractivity contribution >= 4 is 31.3 Å². The predicted molar refractivity (Wildman–Crippen MR) is 52.2 cm³/mol. The predicted octanol–water partition coefficient (Wildman–Crippen LogP) is 2.98. The van der Waals surface area contributed by atoms with Gasteiger partial charge in [-0.05, 0) is 12.1 Å². The Balaban J connectivity index is 3.11. The summed E-state index contributed by atoms with van der Waals surface area (Å²) in [6, 6.07) is 5.46. The first kappa shape index (κ1) is 11.7. The number of hydrogen-bond donors (Lipinski definition) is 0. The molecule has 0 heterocycles. The number of halogens is 3. The minimum absolute atomic E-state index is 0.0550. The second-order valence-corrected chi connectivity index (χ2v) is 6.44. The lowest BCUT2D eigenvalue weighted by Crippen LogP contribution is -1.99. The Morgan fingerprint density at radius 2 is 1.86 bits per heavy atom. The van der Waals surface area contributed by atoms with Gasteiger partial charge in [0.2, 0.25) is 8.87 Å². The van der Waals surface area contributed by atoms with Crippen LogP contribution in [0.25, 0.3) is 0 Å². The van der Waals surface area contributed by atoms with Crippen LogP contribution < -0.4 is 0 Å². The fraction of sp³-hybridized carbons (Fsp3) is 0.143. The molecule has 7 heteroatoms. The lowest BCUT2D eigenvalue weighted by atomic mass is 10.4. The fourth-order valence-corrected chi connectivity index (χ4v) is 3.54. The molecule has 0 fully saturated rings. The molecule has 1 aromatic rings. The third-order valence-corrected chi connectivity index (χ3v) is 4.78. The van der Waals surface area contributed by atoms with Gasteiger partial charge in [0.25, 0.3) is 5.76 Å². The first-order valence-corrected chi connectivity index (χ1v) is 6.65. The van der Waals surface area contributed by atoms with Crippen molar-refractivity contribution in [3.05, 3.63) is 29.3 Å². The molecule has 1 aromatic carbocycles. The summed E-state index contributed by atoms with van der Waals surface area (Å²) >= 11 is 5.55. The molecular formula is C7H5ClF2O2S2. The second kappa shape index (κ2) is 4.46. The topological polar surface area (TPSA) is 34.1 Å². The zero-order valence-corrected chi connectivity index (χ0v) is 9.04. The summed E-state index contributed by atoms with van der Waals surface area (Å²) in [7, 11) is -4.48. The van der Waals surface area contributed by atoms with Crippen molar-refractivity contribution < 1.29 is 17.2 Å². The van der Waals surface area contributed by atoms with Crippen LogP contribution in [0.1, 0.15) is 0 Å². The maximum Gasteiger partial charge on any atom is 0.298 e. The summed E-state index contributed by atoms with van der Waals surface area (Å²) < 4.78 is 46.3. The van der Waals surface area contributed by atoms with Crippen LogP contribution >= 0.6 is 22.4 Å². The standard InChI is InChI=1S/C7H5ClF2O2S2/c8-5-3-1-2-4-6(5)14(11,12)13-7(9)10/h1-4,7H. The van der Waals surface area contributed by atoms with Gasteiger partial charge >= 0.3 is 0 Å². The van der Waals surface area contributed by atoms with E-state index >= 15 is 0 Å². The SMILES string of the molecule is O=S(=O)(SC(F)F)c1ccccc1Cl. The Labute approximate surface area is 88.6 Å². The van der Waals surface area contributed by atoms with Crippen molar-refractivity contribution in [2.24, 2.45) is 0 Å². The van der Waals surface area contributed by atoms with Gasteiger partial charge in [0.05, 0.1) is 9.92 Å². The molecule has 0 aromatic heterocycles. The highest BCUT2D eigenvalue weighted by Gasteiger charge is 2.23. The van der Waals surface area contributed by atoms with Crippen molar-refractivity contribution in [2.45, 2.75) is 10.7 Å². The molecule has 0 N–H and O–H groups in total. The van der Waals surface area contributed by atoms with Gasteiger partial charge in [0.15, 0.2) is 0 Å². The molecule has 0 saturated heterocycles. The van der Waals surface area contributed by atoms with E-state index in [-0.39, 0.29) is 9.92 Å². The molecule has 1 rings (SSSR count). The van der Waals surface area contributed by atoms with Crippen molar-refractivity contribution in [1.82, 2.24) is 0 Å². The second-order valence-electron chi connectivity index (χ2n) is 2.24. The van der Waals surface area contributed by atoms with Crippen LogP contribution in [0.3, 0.4) is 0 Å². The van der Waals surface area contributed by atoms with Crippen LogP contribution in [-0.4, -0.2) is 14.2 Å². The molecule has 2 nitrogen and oxygen atoms in total. The Morgan fingerprint density at radius 3 is 2.36 bits per heavy atom. The summed E-state index contributed by atoms with van der Waals surface area (Å²) in [5.41, 5.74) is 0. The van der Waals surface area contributed by atoms with Crippen LogP contribution in [0.4, 0.5) is 8.78 Å². The van der Waals surface area contributed by atoms with E-state index in [1.165, 1.54) is 24.3 Å². The van der Waals surface area contributed by atoms with Crippen LogP contribution in [0.5, 0.6) is 0 Å². The molecule has 0 aliphatic heterocycles. The monoisotopic (exact) mass is 258 g/mol. The largest absolute Gasteiger partial charge is 0.298 e. The molecule has 0 spiro atoms. The van der Waals surface area contributed by atoms with E-state index in [2.05, 4.69) is 0 Å². The molecular weight excluding hydrogens is 254 g/mol. The molecule has 0 radical (unpaired) electrons. The van der Waals surface area contributed by atoms with Gasteiger partial charge in [-0.2, -0.15) is 8.78 Å². The van der Waals surface area contributed by atoms with E-state index in [1.807, 2.05) is 0 Å². The zero-order chi connectivity index (χ0) is 10.8. The zero-order valence-electron chi connectivity index (χ0n) is 6.65. The summed E-state index contributed by atoms with van der Waals surface area (Å²) in [5, 5.41) is -0.0550.